The van der Waals surface area contributed by atoms with Gasteiger partial charge in [0, 0.05) is 32.4 Å². The van der Waals surface area contributed by atoms with Crippen LogP contribution in [0.15, 0.2) is 53.5 Å². The van der Waals surface area contributed by atoms with Crippen LogP contribution in [-0.2, 0) is 11.3 Å². The highest BCUT2D eigenvalue weighted by Crippen LogP contribution is 2.22. The Labute approximate surface area is 209 Å². The minimum atomic E-state index is 0. The Hall–Kier alpha value is -2.00. The Morgan fingerprint density at radius 2 is 1.75 bits per heavy atom. The molecule has 32 heavy (non-hydrogen) atoms. The quantitative estimate of drug-likeness (QED) is 0.285. The molecule has 2 aromatic rings. The fourth-order valence-corrected chi connectivity index (χ4v) is 3.55. The molecule has 6 nitrogen and oxygen atoms in total. The number of morpholine rings is 1. The fraction of sp³-hybridized carbons (Fsp3) is 0.480. The lowest BCUT2D eigenvalue weighted by Gasteiger charge is -2.30. The molecule has 1 heterocycles. The summed E-state index contributed by atoms with van der Waals surface area (Å²) in [5.41, 5.74) is 3.71. The largest absolute Gasteiger partial charge is 0.493 e. The van der Waals surface area contributed by atoms with E-state index >= 15 is 0 Å². The molecule has 0 aliphatic carbocycles. The number of nitrogens with one attached hydrogen (secondary N) is 2. The number of nitrogens with zero attached hydrogens (tertiary/aromatic N) is 2. The molecule has 0 saturated carbocycles. The first-order valence-electron chi connectivity index (χ1n) is 11.2. The first kappa shape index (κ1) is 26.3. The number of halogens is 1. The van der Waals surface area contributed by atoms with Crippen molar-refractivity contribution >= 4 is 35.6 Å². The summed E-state index contributed by atoms with van der Waals surface area (Å²) in [7, 11) is 1.80. The summed E-state index contributed by atoms with van der Waals surface area (Å²) in [5, 5.41) is 6.95. The van der Waals surface area contributed by atoms with E-state index in [0.717, 1.165) is 44.6 Å². The van der Waals surface area contributed by atoms with Crippen LogP contribution >= 0.6 is 24.0 Å². The zero-order chi connectivity index (χ0) is 22.1. The minimum absolute atomic E-state index is 0. The van der Waals surface area contributed by atoms with Gasteiger partial charge >= 0.3 is 0 Å². The number of anilines is 1. The van der Waals surface area contributed by atoms with Crippen molar-refractivity contribution in [3.05, 3.63) is 59.7 Å². The lowest BCUT2D eigenvalue weighted by molar-refractivity contribution is 0.122. The Balaban J connectivity index is 0.00000363. The molecule has 0 bridgehead atoms. The van der Waals surface area contributed by atoms with E-state index in [4.69, 9.17) is 9.47 Å². The van der Waals surface area contributed by atoms with Gasteiger partial charge in [-0.25, -0.2) is 0 Å². The van der Waals surface area contributed by atoms with Crippen molar-refractivity contribution in [3.63, 3.8) is 0 Å². The molecule has 1 fully saturated rings. The highest BCUT2D eigenvalue weighted by molar-refractivity contribution is 14.0. The number of rotatable bonds is 8. The van der Waals surface area contributed by atoms with E-state index in [0.29, 0.717) is 12.5 Å². The van der Waals surface area contributed by atoms with E-state index in [-0.39, 0.29) is 30.0 Å². The Morgan fingerprint density at radius 1 is 1.06 bits per heavy atom. The molecule has 0 radical (unpaired) electrons. The molecule has 2 aromatic carbocycles. The van der Waals surface area contributed by atoms with Gasteiger partial charge in [0.25, 0.3) is 0 Å². The summed E-state index contributed by atoms with van der Waals surface area (Å²) >= 11 is 0. The summed E-state index contributed by atoms with van der Waals surface area (Å²) < 4.78 is 11.3. The van der Waals surface area contributed by atoms with Crippen LogP contribution in [-0.4, -0.2) is 45.9 Å². The third-order valence-corrected chi connectivity index (χ3v) is 5.33. The third-order valence-electron chi connectivity index (χ3n) is 5.33. The van der Waals surface area contributed by atoms with Crippen LogP contribution in [0.5, 0.6) is 5.75 Å². The molecule has 0 amide bonds. The number of ether oxygens (including phenoxy) is 2. The zero-order valence-electron chi connectivity index (χ0n) is 19.6. The minimum Gasteiger partial charge on any atom is -0.493 e. The normalized spacial score (nSPS) is 15.2. The average Bonchev–Trinajstić information content (AvgIpc) is 2.81. The van der Waals surface area contributed by atoms with Crippen molar-refractivity contribution in [2.75, 3.05) is 44.9 Å². The fourth-order valence-electron chi connectivity index (χ4n) is 3.55. The molecule has 1 unspecified atom stereocenters. The van der Waals surface area contributed by atoms with Crippen molar-refractivity contribution in [2.24, 2.45) is 10.9 Å². The predicted octanol–water partition coefficient (Wildman–Crippen LogP) is 4.60. The van der Waals surface area contributed by atoms with Gasteiger partial charge in [-0.3, -0.25) is 4.99 Å². The molecule has 2 N–H and O–H groups in total. The zero-order valence-corrected chi connectivity index (χ0v) is 22.0. The summed E-state index contributed by atoms with van der Waals surface area (Å²) in [5.74, 6) is 2.21. The van der Waals surface area contributed by atoms with Crippen LogP contribution in [0.3, 0.4) is 0 Å². The number of guanidine groups is 1. The Morgan fingerprint density at radius 3 is 2.41 bits per heavy atom. The van der Waals surface area contributed by atoms with Gasteiger partial charge in [0.05, 0.1) is 25.9 Å². The molecule has 1 atom stereocenters. The van der Waals surface area contributed by atoms with Gasteiger partial charge in [-0.05, 0) is 42.2 Å². The average molecular weight is 553 g/mol. The third kappa shape index (κ3) is 7.85. The van der Waals surface area contributed by atoms with Gasteiger partial charge in [-0.15, -0.1) is 24.0 Å². The first-order valence-corrected chi connectivity index (χ1v) is 11.2. The maximum Gasteiger partial charge on any atom is 0.191 e. The van der Waals surface area contributed by atoms with Crippen LogP contribution in [0.2, 0.25) is 0 Å². The molecule has 0 spiro atoms. The van der Waals surface area contributed by atoms with Crippen molar-refractivity contribution in [1.29, 1.82) is 0 Å². The summed E-state index contributed by atoms with van der Waals surface area (Å²) in [4.78, 5) is 6.80. The first-order chi connectivity index (χ1) is 15.1. The van der Waals surface area contributed by atoms with E-state index in [1.165, 1.54) is 16.8 Å². The maximum atomic E-state index is 5.78. The standard InChI is InChI=1S/C25H36N4O2.HI/c1-19(2)18-31-23-11-9-21(10-12-23)20(3)28-25(26-4)27-17-22-7-5-6-8-24(22)29-13-15-30-16-14-29;/h5-12,19-20H,13-18H2,1-4H3,(H2,26,27,28);1H. The maximum absolute atomic E-state index is 5.78. The highest BCUT2D eigenvalue weighted by Gasteiger charge is 2.15. The number of hydrogen-bond acceptors (Lipinski definition) is 4. The van der Waals surface area contributed by atoms with Crippen LogP contribution in [0.4, 0.5) is 5.69 Å². The van der Waals surface area contributed by atoms with Gasteiger partial charge < -0.3 is 25.0 Å². The summed E-state index contributed by atoms with van der Waals surface area (Å²) in [6, 6.07) is 16.9. The van der Waals surface area contributed by atoms with Crippen LogP contribution < -0.4 is 20.3 Å². The van der Waals surface area contributed by atoms with E-state index < -0.39 is 0 Å². The van der Waals surface area contributed by atoms with E-state index in [9.17, 15) is 0 Å². The number of hydrogen-bond donors (Lipinski definition) is 2. The van der Waals surface area contributed by atoms with Gasteiger partial charge in [0.2, 0.25) is 0 Å². The topological polar surface area (TPSA) is 58.1 Å². The number of para-hydroxylation sites is 1. The van der Waals surface area contributed by atoms with Crippen LogP contribution in [0, 0.1) is 5.92 Å². The second-order valence-electron chi connectivity index (χ2n) is 8.29. The second kappa shape index (κ2) is 13.5. The molecule has 1 aliphatic heterocycles. The SMILES string of the molecule is CN=C(NCc1ccccc1N1CCOCC1)NC(C)c1ccc(OCC(C)C)cc1.I. The molecular formula is C25H37IN4O2. The molecule has 3 rings (SSSR count). The Kier molecular flexibility index (Phi) is 11.1. The molecule has 7 heteroatoms. The lowest BCUT2D eigenvalue weighted by atomic mass is 10.1. The number of aliphatic imine (C=N–C) groups is 1. The van der Waals surface area contributed by atoms with E-state index in [2.05, 4.69) is 77.7 Å². The van der Waals surface area contributed by atoms with Gasteiger partial charge in [0.1, 0.15) is 5.75 Å². The van der Waals surface area contributed by atoms with E-state index in [1.54, 1.807) is 7.05 Å². The summed E-state index contributed by atoms with van der Waals surface area (Å²) in [6.07, 6.45) is 0. The van der Waals surface area contributed by atoms with Crippen molar-refractivity contribution in [1.82, 2.24) is 10.6 Å². The highest BCUT2D eigenvalue weighted by atomic mass is 127. The van der Waals surface area contributed by atoms with Gasteiger partial charge in [0.15, 0.2) is 5.96 Å². The van der Waals surface area contributed by atoms with Crippen molar-refractivity contribution < 1.29 is 9.47 Å². The predicted molar refractivity (Wildman–Crippen MR) is 143 cm³/mol. The lowest BCUT2D eigenvalue weighted by Crippen LogP contribution is -2.39. The van der Waals surface area contributed by atoms with Crippen LogP contribution in [0.25, 0.3) is 0 Å². The molecule has 176 valence electrons. The molecular weight excluding hydrogens is 515 g/mol. The number of benzene rings is 2. The van der Waals surface area contributed by atoms with Crippen molar-refractivity contribution in [2.45, 2.75) is 33.4 Å². The summed E-state index contributed by atoms with van der Waals surface area (Å²) in [6.45, 7) is 11.3. The second-order valence-corrected chi connectivity index (χ2v) is 8.29. The smallest absolute Gasteiger partial charge is 0.191 e. The van der Waals surface area contributed by atoms with Gasteiger partial charge in [-0.1, -0.05) is 44.2 Å². The molecule has 0 aromatic heterocycles. The monoisotopic (exact) mass is 552 g/mol. The van der Waals surface area contributed by atoms with E-state index in [1.807, 2.05) is 12.1 Å². The molecule has 1 aliphatic rings. The van der Waals surface area contributed by atoms with Crippen molar-refractivity contribution in [3.8, 4) is 5.75 Å². The van der Waals surface area contributed by atoms with Gasteiger partial charge in [-0.2, -0.15) is 0 Å². The van der Waals surface area contributed by atoms with Crippen LogP contribution in [0.1, 0.15) is 37.9 Å². The molecule has 1 saturated heterocycles. The Bertz CT molecular complexity index is 836.